The summed E-state index contributed by atoms with van der Waals surface area (Å²) in [6.07, 6.45) is 26.3. The number of unbranched alkanes of at least 4 members (excludes halogenated alkanes) is 15. The van der Waals surface area contributed by atoms with Gasteiger partial charge in [-0.3, -0.25) is 0 Å². The van der Waals surface area contributed by atoms with Crippen LogP contribution in [0.15, 0.2) is 24.3 Å². The van der Waals surface area contributed by atoms with Crippen LogP contribution in [0.3, 0.4) is 0 Å². The Morgan fingerprint density at radius 3 is 1.62 bits per heavy atom. The maximum absolute atomic E-state index is 14.8. The second kappa shape index (κ2) is 22.1. The molecule has 194 valence electrons. The molecular formula is C31H54FN2+. The number of halogens is 1. The fraction of sp³-hybridized carbons (Fsp3) is 0.806. The van der Waals surface area contributed by atoms with Crippen molar-refractivity contribution in [1.82, 2.24) is 0 Å². The fourth-order valence-electron chi connectivity index (χ4n) is 5.11. The van der Waals surface area contributed by atoms with Gasteiger partial charge in [-0.15, -0.1) is 0 Å². The fourth-order valence-corrected chi connectivity index (χ4v) is 5.11. The number of benzene rings is 1. The average Bonchev–Trinajstić information content (AvgIpc) is 2.87. The van der Waals surface area contributed by atoms with Crippen molar-refractivity contribution >= 4 is 5.69 Å². The van der Waals surface area contributed by atoms with Gasteiger partial charge in [-0.1, -0.05) is 148 Å². The first-order valence-corrected chi connectivity index (χ1v) is 14.8. The summed E-state index contributed by atoms with van der Waals surface area (Å²) >= 11 is 0. The van der Waals surface area contributed by atoms with Gasteiger partial charge in [-0.05, 0) is 24.8 Å². The topological polar surface area (TPSA) is 28.1 Å². The maximum atomic E-state index is 14.8. The Bertz CT molecular complexity index is 624. The minimum absolute atomic E-state index is 0.363. The lowest BCUT2D eigenvalue weighted by atomic mass is 9.89. The summed E-state index contributed by atoms with van der Waals surface area (Å²) in [6, 6.07) is 7.02. The van der Waals surface area contributed by atoms with E-state index < -0.39 is 6.17 Å². The van der Waals surface area contributed by atoms with Crippen LogP contribution >= 0.6 is 0 Å². The summed E-state index contributed by atoms with van der Waals surface area (Å²) < 4.78 is 14.8. The van der Waals surface area contributed by atoms with Gasteiger partial charge in [0.1, 0.15) is 6.17 Å². The molecule has 0 aliphatic heterocycles. The molecule has 0 N–H and O–H groups in total. The van der Waals surface area contributed by atoms with Crippen LogP contribution in [-0.4, -0.2) is 0 Å². The molecule has 1 aromatic rings. The Kier molecular flexibility index (Phi) is 19.9. The van der Waals surface area contributed by atoms with Gasteiger partial charge in [-0.25, -0.2) is 4.39 Å². The molecule has 1 aromatic carbocycles. The molecule has 34 heavy (non-hydrogen) atoms. The van der Waals surface area contributed by atoms with Crippen LogP contribution in [0.2, 0.25) is 0 Å². The highest BCUT2D eigenvalue weighted by atomic mass is 19.1. The molecule has 0 amide bonds. The van der Waals surface area contributed by atoms with E-state index >= 15 is 0 Å². The monoisotopic (exact) mass is 473 g/mol. The predicted molar refractivity (Wildman–Crippen MR) is 147 cm³/mol. The van der Waals surface area contributed by atoms with Crippen LogP contribution in [0.1, 0.15) is 160 Å². The van der Waals surface area contributed by atoms with E-state index in [2.05, 4.69) is 18.8 Å². The number of alkyl halides is 1. The zero-order valence-corrected chi connectivity index (χ0v) is 22.6. The van der Waals surface area contributed by atoms with Crippen molar-refractivity contribution in [2.75, 3.05) is 0 Å². The summed E-state index contributed by atoms with van der Waals surface area (Å²) in [5.41, 5.74) is 0.883. The summed E-state index contributed by atoms with van der Waals surface area (Å²) in [7, 11) is 0. The van der Waals surface area contributed by atoms with E-state index in [0.29, 0.717) is 23.6 Å². The van der Waals surface area contributed by atoms with Gasteiger partial charge in [0.25, 0.3) is 0 Å². The third kappa shape index (κ3) is 15.5. The van der Waals surface area contributed by atoms with E-state index in [1.54, 1.807) is 18.2 Å². The molecule has 0 saturated carbocycles. The first kappa shape index (κ1) is 30.6. The minimum atomic E-state index is -1.04. The Hall–Kier alpha value is -1.43. The molecule has 2 atom stereocenters. The van der Waals surface area contributed by atoms with Crippen molar-refractivity contribution in [2.45, 2.75) is 155 Å². The summed E-state index contributed by atoms with van der Waals surface area (Å²) in [4.78, 5) is 3.25. The van der Waals surface area contributed by atoms with Crippen LogP contribution < -0.4 is 0 Å². The van der Waals surface area contributed by atoms with E-state index in [9.17, 15) is 4.39 Å². The van der Waals surface area contributed by atoms with Crippen molar-refractivity contribution in [3.63, 3.8) is 0 Å². The van der Waals surface area contributed by atoms with Gasteiger partial charge in [0.05, 0.1) is 5.56 Å². The lowest BCUT2D eigenvalue weighted by molar-refractivity contribution is 0.278. The molecule has 0 fully saturated rings. The highest BCUT2D eigenvalue weighted by molar-refractivity contribution is 5.52. The molecule has 0 bridgehead atoms. The van der Waals surface area contributed by atoms with Crippen LogP contribution in [0.25, 0.3) is 4.98 Å². The standard InChI is InChI=1S/C31H54FN2/c1-3-5-7-8-9-10-11-12-13-14-15-16-17-18-19-23-28(22-6-4-2)26-27-30(32)29-24-20-21-25-31(29)34-33/h20-21,24-25,28,30H,3-19,22-23,26-27H2,1-2H3/q+1. The lowest BCUT2D eigenvalue weighted by Crippen LogP contribution is -2.04. The van der Waals surface area contributed by atoms with E-state index in [0.717, 1.165) is 6.42 Å². The molecule has 3 heteroatoms. The van der Waals surface area contributed by atoms with Crippen LogP contribution in [0.5, 0.6) is 0 Å². The Labute approximate surface area is 211 Å². The van der Waals surface area contributed by atoms with E-state index in [1.807, 2.05) is 6.07 Å². The molecule has 2 nitrogen and oxygen atoms in total. The van der Waals surface area contributed by atoms with Crippen molar-refractivity contribution in [2.24, 2.45) is 5.92 Å². The molecule has 0 aromatic heterocycles. The van der Waals surface area contributed by atoms with Crippen LogP contribution in [0, 0.1) is 11.3 Å². The van der Waals surface area contributed by atoms with Gasteiger partial charge in [0, 0.05) is 6.07 Å². The van der Waals surface area contributed by atoms with Crippen molar-refractivity contribution < 1.29 is 4.39 Å². The van der Waals surface area contributed by atoms with E-state index in [1.165, 1.54) is 122 Å². The van der Waals surface area contributed by atoms with Gasteiger partial charge in [0.15, 0.2) is 4.98 Å². The Morgan fingerprint density at radius 2 is 1.09 bits per heavy atom. The highest BCUT2D eigenvalue weighted by Gasteiger charge is 2.22. The second-order valence-electron chi connectivity index (χ2n) is 10.5. The minimum Gasteiger partial charge on any atom is -0.242 e. The second-order valence-corrected chi connectivity index (χ2v) is 10.5. The first-order valence-electron chi connectivity index (χ1n) is 14.8. The zero-order valence-electron chi connectivity index (χ0n) is 22.6. The molecule has 2 unspecified atom stereocenters. The smallest absolute Gasteiger partial charge is 0.242 e. The van der Waals surface area contributed by atoms with E-state index in [4.69, 9.17) is 5.39 Å². The van der Waals surface area contributed by atoms with Crippen LogP contribution in [-0.2, 0) is 0 Å². The third-order valence-corrected chi connectivity index (χ3v) is 7.39. The number of hydrogen-bond acceptors (Lipinski definition) is 1. The van der Waals surface area contributed by atoms with Crippen molar-refractivity contribution in [3.8, 4) is 0 Å². The van der Waals surface area contributed by atoms with Crippen LogP contribution in [0.4, 0.5) is 10.1 Å². The van der Waals surface area contributed by atoms with Gasteiger partial charge in [0.2, 0.25) is 5.39 Å². The number of nitrogens with zero attached hydrogens (tertiary/aromatic N) is 2. The SMILES string of the molecule is CCCCCCCCCCCCCCCCCC(CCCC)CCC(F)c1ccccc1[N+]#N. The lowest BCUT2D eigenvalue weighted by Gasteiger charge is -2.18. The molecule has 0 aliphatic carbocycles. The number of diazo groups is 1. The highest BCUT2D eigenvalue weighted by Crippen LogP contribution is 2.34. The van der Waals surface area contributed by atoms with Gasteiger partial charge >= 0.3 is 5.69 Å². The first-order chi connectivity index (χ1) is 16.7. The quantitative estimate of drug-likeness (QED) is 0.115. The maximum Gasteiger partial charge on any atom is 0.391 e. The normalized spacial score (nSPS) is 13.0. The number of rotatable bonds is 23. The van der Waals surface area contributed by atoms with Crippen molar-refractivity contribution in [3.05, 3.63) is 34.8 Å². The predicted octanol–water partition coefficient (Wildman–Crippen LogP) is 12.0. The van der Waals surface area contributed by atoms with Crippen molar-refractivity contribution in [1.29, 1.82) is 5.39 Å². The number of hydrogen-bond donors (Lipinski definition) is 0. The molecule has 0 spiro atoms. The third-order valence-electron chi connectivity index (χ3n) is 7.39. The molecule has 1 rings (SSSR count). The Balaban J connectivity index is 2.08. The van der Waals surface area contributed by atoms with Gasteiger partial charge in [-0.2, -0.15) is 0 Å². The summed E-state index contributed by atoms with van der Waals surface area (Å²) in [5, 5.41) is 9.12. The summed E-state index contributed by atoms with van der Waals surface area (Å²) in [6.45, 7) is 4.52. The molecule has 0 aliphatic rings. The van der Waals surface area contributed by atoms with Gasteiger partial charge < -0.3 is 0 Å². The molecule has 0 heterocycles. The molecular weight excluding hydrogens is 419 g/mol. The molecule has 0 radical (unpaired) electrons. The molecule has 0 saturated heterocycles. The summed E-state index contributed by atoms with van der Waals surface area (Å²) in [5.74, 6) is 0.624. The largest absolute Gasteiger partial charge is 0.391 e. The van der Waals surface area contributed by atoms with E-state index in [-0.39, 0.29) is 0 Å². The zero-order chi connectivity index (χ0) is 24.7. The Morgan fingerprint density at radius 1 is 0.618 bits per heavy atom. The average molecular weight is 474 g/mol.